The molecule has 0 aliphatic carbocycles. The Labute approximate surface area is 108 Å². The van der Waals surface area contributed by atoms with Crippen molar-refractivity contribution in [1.29, 1.82) is 0 Å². The number of rotatable bonds is 2. The molecule has 0 bridgehead atoms. The molecule has 0 saturated heterocycles. The highest BCUT2D eigenvalue weighted by atomic mass is 32.1. The molecular formula is C12H11N3O2S. The summed E-state index contributed by atoms with van der Waals surface area (Å²) in [5.41, 5.74) is 6.22. The van der Waals surface area contributed by atoms with Gasteiger partial charge in [0.05, 0.1) is 16.9 Å². The maximum absolute atomic E-state index is 11.4. The van der Waals surface area contributed by atoms with Crippen LogP contribution in [0.15, 0.2) is 45.4 Å². The van der Waals surface area contributed by atoms with E-state index < -0.39 is 6.03 Å². The number of amides is 2. The van der Waals surface area contributed by atoms with Crippen molar-refractivity contribution in [1.82, 2.24) is 5.01 Å². The highest BCUT2D eigenvalue weighted by molar-refractivity contribution is 7.12. The van der Waals surface area contributed by atoms with Crippen LogP contribution in [0.25, 0.3) is 0 Å². The molecule has 6 heteroatoms. The summed E-state index contributed by atoms with van der Waals surface area (Å²) < 4.78 is 5.34. The Kier molecular flexibility index (Phi) is 2.64. The number of thiophene rings is 1. The molecule has 0 radical (unpaired) electrons. The molecule has 2 aromatic heterocycles. The van der Waals surface area contributed by atoms with Crippen LogP contribution in [-0.4, -0.2) is 16.8 Å². The van der Waals surface area contributed by atoms with E-state index in [0.29, 0.717) is 12.2 Å². The minimum Gasteiger partial charge on any atom is -0.467 e. The minimum absolute atomic E-state index is 0.241. The Hall–Kier alpha value is -2.08. The predicted octanol–water partition coefficient (Wildman–Crippen LogP) is 2.57. The number of carbonyl (C=O) groups is 1. The molecule has 0 aromatic carbocycles. The molecule has 5 nitrogen and oxygen atoms in total. The van der Waals surface area contributed by atoms with Crippen LogP contribution in [-0.2, 0) is 0 Å². The SMILES string of the molecule is NC(=O)N1N=C(c2cccs2)CC1c1ccco1. The fourth-order valence-electron chi connectivity index (χ4n) is 2.01. The van der Waals surface area contributed by atoms with E-state index in [2.05, 4.69) is 5.10 Å². The highest BCUT2D eigenvalue weighted by Gasteiger charge is 2.33. The summed E-state index contributed by atoms with van der Waals surface area (Å²) >= 11 is 1.59. The summed E-state index contributed by atoms with van der Waals surface area (Å²) in [4.78, 5) is 12.5. The monoisotopic (exact) mass is 261 g/mol. The normalized spacial score (nSPS) is 19.0. The van der Waals surface area contributed by atoms with Gasteiger partial charge in [0.2, 0.25) is 0 Å². The fraction of sp³-hybridized carbons (Fsp3) is 0.167. The van der Waals surface area contributed by atoms with Gasteiger partial charge in [0, 0.05) is 6.42 Å². The summed E-state index contributed by atoms with van der Waals surface area (Å²) in [6.07, 6.45) is 2.20. The Morgan fingerprint density at radius 1 is 1.50 bits per heavy atom. The number of furan rings is 1. The van der Waals surface area contributed by atoms with Crippen molar-refractivity contribution in [3.63, 3.8) is 0 Å². The molecule has 0 saturated carbocycles. The lowest BCUT2D eigenvalue weighted by Gasteiger charge is -2.16. The maximum Gasteiger partial charge on any atom is 0.335 e. The van der Waals surface area contributed by atoms with E-state index in [1.165, 1.54) is 5.01 Å². The van der Waals surface area contributed by atoms with Gasteiger partial charge in [0.15, 0.2) is 0 Å². The number of hydrogen-bond donors (Lipinski definition) is 1. The maximum atomic E-state index is 11.4. The molecule has 0 fully saturated rings. The first-order chi connectivity index (χ1) is 8.75. The molecule has 18 heavy (non-hydrogen) atoms. The first-order valence-corrected chi connectivity index (χ1v) is 6.37. The van der Waals surface area contributed by atoms with Crippen molar-refractivity contribution in [3.05, 3.63) is 46.5 Å². The molecule has 2 amide bonds. The van der Waals surface area contributed by atoms with E-state index in [0.717, 1.165) is 10.6 Å². The zero-order valence-electron chi connectivity index (χ0n) is 9.45. The Morgan fingerprint density at radius 2 is 2.39 bits per heavy atom. The topological polar surface area (TPSA) is 71.8 Å². The smallest absolute Gasteiger partial charge is 0.335 e. The second kappa shape index (κ2) is 4.30. The van der Waals surface area contributed by atoms with Gasteiger partial charge in [-0.25, -0.2) is 9.80 Å². The number of urea groups is 1. The lowest BCUT2D eigenvalue weighted by atomic mass is 10.1. The Bertz CT molecular complexity index is 575. The molecule has 0 spiro atoms. The van der Waals surface area contributed by atoms with Gasteiger partial charge in [-0.05, 0) is 23.6 Å². The van der Waals surface area contributed by atoms with Crippen LogP contribution in [0.3, 0.4) is 0 Å². The van der Waals surface area contributed by atoms with Gasteiger partial charge in [-0.3, -0.25) is 0 Å². The van der Waals surface area contributed by atoms with E-state index in [1.54, 1.807) is 23.7 Å². The lowest BCUT2D eigenvalue weighted by molar-refractivity contribution is 0.188. The number of nitrogens with two attached hydrogens (primary N) is 1. The summed E-state index contributed by atoms with van der Waals surface area (Å²) in [7, 11) is 0. The van der Waals surface area contributed by atoms with Gasteiger partial charge in [0.1, 0.15) is 11.8 Å². The van der Waals surface area contributed by atoms with Gasteiger partial charge in [-0.15, -0.1) is 11.3 Å². The van der Waals surface area contributed by atoms with Gasteiger partial charge in [-0.1, -0.05) is 6.07 Å². The van der Waals surface area contributed by atoms with E-state index in [4.69, 9.17) is 10.2 Å². The van der Waals surface area contributed by atoms with Gasteiger partial charge in [-0.2, -0.15) is 5.10 Å². The van der Waals surface area contributed by atoms with Crippen LogP contribution in [0.1, 0.15) is 23.1 Å². The van der Waals surface area contributed by atoms with Crippen LogP contribution >= 0.6 is 11.3 Å². The first-order valence-electron chi connectivity index (χ1n) is 5.49. The zero-order chi connectivity index (χ0) is 12.5. The third-order valence-electron chi connectivity index (χ3n) is 2.81. The van der Waals surface area contributed by atoms with Gasteiger partial charge >= 0.3 is 6.03 Å². The average Bonchev–Trinajstić information content (AvgIpc) is 3.10. The number of primary amides is 1. The van der Waals surface area contributed by atoms with Crippen molar-refractivity contribution in [2.75, 3.05) is 0 Å². The average molecular weight is 261 g/mol. The molecule has 2 aromatic rings. The van der Waals surface area contributed by atoms with Crippen molar-refractivity contribution in [2.24, 2.45) is 10.8 Å². The predicted molar refractivity (Wildman–Crippen MR) is 68.3 cm³/mol. The van der Waals surface area contributed by atoms with E-state index in [9.17, 15) is 4.79 Å². The number of hydrogen-bond acceptors (Lipinski definition) is 4. The molecule has 1 aliphatic rings. The van der Waals surface area contributed by atoms with Crippen molar-refractivity contribution < 1.29 is 9.21 Å². The fourth-order valence-corrected chi connectivity index (χ4v) is 2.73. The summed E-state index contributed by atoms with van der Waals surface area (Å²) in [5.74, 6) is 0.698. The largest absolute Gasteiger partial charge is 0.467 e. The lowest BCUT2D eigenvalue weighted by Crippen LogP contribution is -2.31. The van der Waals surface area contributed by atoms with Gasteiger partial charge < -0.3 is 10.2 Å². The van der Waals surface area contributed by atoms with Crippen molar-refractivity contribution >= 4 is 23.1 Å². The molecule has 1 unspecified atom stereocenters. The quantitative estimate of drug-likeness (QED) is 0.902. The van der Waals surface area contributed by atoms with E-state index in [-0.39, 0.29) is 6.04 Å². The number of hydrazone groups is 1. The Morgan fingerprint density at radius 3 is 3.00 bits per heavy atom. The molecule has 1 atom stereocenters. The van der Waals surface area contributed by atoms with Crippen LogP contribution < -0.4 is 5.73 Å². The van der Waals surface area contributed by atoms with Crippen LogP contribution in [0.5, 0.6) is 0 Å². The van der Waals surface area contributed by atoms with E-state index in [1.807, 2.05) is 23.6 Å². The molecule has 92 valence electrons. The second-order valence-corrected chi connectivity index (χ2v) is 4.89. The summed E-state index contributed by atoms with van der Waals surface area (Å²) in [6.45, 7) is 0. The third kappa shape index (κ3) is 1.80. The first kappa shape index (κ1) is 11.0. The second-order valence-electron chi connectivity index (χ2n) is 3.94. The molecule has 1 aliphatic heterocycles. The highest BCUT2D eigenvalue weighted by Crippen LogP contribution is 2.33. The van der Waals surface area contributed by atoms with Crippen molar-refractivity contribution in [2.45, 2.75) is 12.5 Å². The molecule has 2 N–H and O–H groups in total. The van der Waals surface area contributed by atoms with Crippen LogP contribution in [0.2, 0.25) is 0 Å². The van der Waals surface area contributed by atoms with Gasteiger partial charge in [0.25, 0.3) is 0 Å². The third-order valence-corrected chi connectivity index (χ3v) is 3.73. The standard InChI is InChI=1S/C12H11N3O2S/c13-12(16)15-9(10-3-1-5-17-10)7-8(14-15)11-4-2-6-18-11/h1-6,9H,7H2,(H2,13,16). The molecule has 3 heterocycles. The van der Waals surface area contributed by atoms with E-state index >= 15 is 0 Å². The summed E-state index contributed by atoms with van der Waals surface area (Å²) in [6, 6.07) is 6.74. The van der Waals surface area contributed by atoms with Crippen LogP contribution in [0, 0.1) is 0 Å². The number of nitrogens with zero attached hydrogens (tertiary/aromatic N) is 2. The Balaban J connectivity index is 1.93. The molecular weight excluding hydrogens is 250 g/mol. The minimum atomic E-state index is -0.567. The van der Waals surface area contributed by atoms with Crippen molar-refractivity contribution in [3.8, 4) is 0 Å². The molecule has 3 rings (SSSR count). The van der Waals surface area contributed by atoms with Crippen LogP contribution in [0.4, 0.5) is 4.79 Å². The summed E-state index contributed by atoms with van der Waals surface area (Å²) in [5, 5.41) is 7.56. The zero-order valence-corrected chi connectivity index (χ0v) is 10.3. The number of carbonyl (C=O) groups excluding carboxylic acids is 1.